The van der Waals surface area contributed by atoms with E-state index in [9.17, 15) is 13.2 Å². The van der Waals surface area contributed by atoms with Gasteiger partial charge in [-0.3, -0.25) is 9.69 Å². The van der Waals surface area contributed by atoms with Crippen molar-refractivity contribution in [2.75, 3.05) is 31.1 Å². The lowest BCUT2D eigenvalue weighted by atomic mass is 10.0. The average Bonchev–Trinajstić information content (AvgIpc) is 2.66. The Kier molecular flexibility index (Phi) is 6.52. The van der Waals surface area contributed by atoms with Gasteiger partial charge in [0, 0.05) is 24.7 Å². The molecule has 1 aliphatic rings. The van der Waals surface area contributed by atoms with Gasteiger partial charge in [-0.15, -0.1) is 0 Å². The van der Waals surface area contributed by atoms with Gasteiger partial charge in [0.15, 0.2) is 9.84 Å². The van der Waals surface area contributed by atoms with E-state index in [1.165, 1.54) is 0 Å². The zero-order valence-electron chi connectivity index (χ0n) is 15.0. The van der Waals surface area contributed by atoms with Gasteiger partial charge in [-0.05, 0) is 29.7 Å². The predicted octanol–water partition coefficient (Wildman–Crippen LogP) is 2.47. The summed E-state index contributed by atoms with van der Waals surface area (Å²) in [6, 6.07) is 16.6. The first kappa shape index (κ1) is 19.9. The second-order valence-electron chi connectivity index (χ2n) is 6.67. The molecule has 0 radical (unpaired) electrons. The smallest absolute Gasteiger partial charge is 0.241 e. The summed E-state index contributed by atoms with van der Waals surface area (Å²) >= 11 is 5.89. The van der Waals surface area contributed by atoms with E-state index in [0.29, 0.717) is 31.1 Å². The van der Waals surface area contributed by atoms with Gasteiger partial charge in [-0.1, -0.05) is 54.1 Å². The highest BCUT2D eigenvalue weighted by Crippen LogP contribution is 2.23. The van der Waals surface area contributed by atoms with E-state index in [1.54, 1.807) is 0 Å². The van der Waals surface area contributed by atoms with Crippen LogP contribution in [0, 0.1) is 0 Å². The van der Waals surface area contributed by atoms with Crippen molar-refractivity contribution in [3.8, 4) is 0 Å². The molecule has 3 rings (SSSR count). The predicted molar refractivity (Wildman–Crippen MR) is 108 cm³/mol. The third-order valence-electron chi connectivity index (χ3n) is 4.73. The fraction of sp³-hybridized carbons (Fsp3) is 0.350. The summed E-state index contributed by atoms with van der Waals surface area (Å²) in [4.78, 5) is 14.9. The molecule has 1 unspecified atom stereocenters. The molecular weight excluding hydrogens is 384 g/mol. The molecule has 0 bridgehead atoms. The number of carbonyl (C=O) groups excluding carboxylic acids is 1. The van der Waals surface area contributed by atoms with Gasteiger partial charge in [0.25, 0.3) is 0 Å². The molecule has 1 N–H and O–H groups in total. The lowest BCUT2D eigenvalue weighted by molar-refractivity contribution is -0.126. The van der Waals surface area contributed by atoms with Crippen LogP contribution in [-0.2, 0) is 21.1 Å². The Morgan fingerprint density at radius 3 is 2.30 bits per heavy atom. The average molecular weight is 407 g/mol. The Morgan fingerprint density at radius 2 is 1.67 bits per heavy atom. The first-order valence-electron chi connectivity index (χ1n) is 8.96. The number of carbonyl (C=O) groups is 1. The second kappa shape index (κ2) is 8.87. The molecule has 7 heteroatoms. The molecule has 5 nitrogen and oxygen atoms in total. The Balaban J connectivity index is 1.66. The Morgan fingerprint density at radius 1 is 1.04 bits per heavy atom. The SMILES string of the molecule is O=C(NCCc1ccc(Cl)cc1)C(c1ccccc1)N1CCS(=O)(=O)CC1. The van der Waals surface area contributed by atoms with Crippen molar-refractivity contribution in [2.45, 2.75) is 12.5 Å². The molecule has 0 spiro atoms. The zero-order valence-corrected chi connectivity index (χ0v) is 16.5. The van der Waals surface area contributed by atoms with Crippen molar-refractivity contribution < 1.29 is 13.2 Å². The molecule has 0 aromatic heterocycles. The molecule has 0 saturated carbocycles. The number of sulfone groups is 1. The number of rotatable bonds is 6. The summed E-state index contributed by atoms with van der Waals surface area (Å²) in [5, 5.41) is 3.69. The molecule has 1 heterocycles. The molecule has 1 amide bonds. The van der Waals surface area contributed by atoms with E-state index in [-0.39, 0.29) is 17.4 Å². The Hall–Kier alpha value is -1.89. The molecule has 0 aliphatic carbocycles. The number of nitrogens with zero attached hydrogens (tertiary/aromatic N) is 1. The van der Waals surface area contributed by atoms with Crippen molar-refractivity contribution >= 4 is 27.3 Å². The fourth-order valence-corrected chi connectivity index (χ4v) is 4.58. The molecule has 144 valence electrons. The van der Waals surface area contributed by atoms with Crippen molar-refractivity contribution in [3.63, 3.8) is 0 Å². The summed E-state index contributed by atoms with van der Waals surface area (Å²) in [7, 11) is -3.00. The topological polar surface area (TPSA) is 66.5 Å². The minimum atomic E-state index is -3.00. The molecule has 27 heavy (non-hydrogen) atoms. The lowest BCUT2D eigenvalue weighted by Crippen LogP contribution is -2.47. The van der Waals surface area contributed by atoms with E-state index >= 15 is 0 Å². The Bertz CT molecular complexity index is 856. The highest BCUT2D eigenvalue weighted by molar-refractivity contribution is 7.91. The number of hydrogen-bond donors (Lipinski definition) is 1. The molecule has 1 saturated heterocycles. The van der Waals surface area contributed by atoms with Crippen LogP contribution in [0.4, 0.5) is 0 Å². The molecule has 1 aliphatic heterocycles. The normalized spacial score (nSPS) is 18.0. The molecule has 2 aromatic rings. The molecule has 1 fully saturated rings. The maximum Gasteiger partial charge on any atom is 0.241 e. The van der Waals surface area contributed by atoms with Crippen molar-refractivity contribution in [2.24, 2.45) is 0 Å². The summed E-state index contributed by atoms with van der Waals surface area (Å²) < 4.78 is 23.5. The zero-order chi connectivity index (χ0) is 19.3. The van der Waals surface area contributed by atoms with Crippen LogP contribution >= 0.6 is 11.6 Å². The van der Waals surface area contributed by atoms with Crippen LogP contribution in [0.15, 0.2) is 54.6 Å². The van der Waals surface area contributed by atoms with E-state index in [2.05, 4.69) is 5.32 Å². The van der Waals surface area contributed by atoms with Crippen LogP contribution in [0.5, 0.6) is 0 Å². The van der Waals surface area contributed by atoms with Gasteiger partial charge in [0.1, 0.15) is 6.04 Å². The number of amides is 1. The van der Waals surface area contributed by atoms with Crippen molar-refractivity contribution in [3.05, 3.63) is 70.7 Å². The van der Waals surface area contributed by atoms with Crippen LogP contribution in [0.3, 0.4) is 0 Å². The van der Waals surface area contributed by atoms with Crippen LogP contribution in [0.2, 0.25) is 5.02 Å². The number of nitrogens with one attached hydrogen (secondary N) is 1. The van der Waals surface area contributed by atoms with Crippen molar-refractivity contribution in [1.29, 1.82) is 0 Å². The summed E-state index contributed by atoms with van der Waals surface area (Å²) in [6.07, 6.45) is 0.707. The van der Waals surface area contributed by atoms with Crippen LogP contribution in [0.1, 0.15) is 17.2 Å². The highest BCUT2D eigenvalue weighted by Gasteiger charge is 2.32. The van der Waals surface area contributed by atoms with Crippen molar-refractivity contribution in [1.82, 2.24) is 10.2 Å². The largest absolute Gasteiger partial charge is 0.354 e. The summed E-state index contributed by atoms with van der Waals surface area (Å²) in [5.74, 6) is 0.0810. The van der Waals surface area contributed by atoms with Gasteiger partial charge in [-0.25, -0.2) is 8.42 Å². The standard InChI is InChI=1S/C20H23ClN2O3S/c21-18-8-6-16(7-9-18)10-11-22-20(24)19(17-4-2-1-3-5-17)23-12-14-27(25,26)15-13-23/h1-9,19H,10-15H2,(H,22,24). The van der Waals surface area contributed by atoms with Crippen LogP contribution < -0.4 is 5.32 Å². The van der Waals surface area contributed by atoms with Gasteiger partial charge in [-0.2, -0.15) is 0 Å². The minimum Gasteiger partial charge on any atom is -0.354 e. The van der Waals surface area contributed by atoms with Gasteiger partial charge in [0.2, 0.25) is 5.91 Å². The minimum absolute atomic E-state index is 0.0917. The van der Waals surface area contributed by atoms with E-state index in [0.717, 1.165) is 11.1 Å². The first-order chi connectivity index (χ1) is 12.9. The van der Waals surface area contributed by atoms with Gasteiger partial charge < -0.3 is 5.32 Å². The van der Waals surface area contributed by atoms with Crippen LogP contribution in [0.25, 0.3) is 0 Å². The second-order valence-corrected chi connectivity index (χ2v) is 9.41. The van der Waals surface area contributed by atoms with E-state index in [1.807, 2.05) is 59.5 Å². The van der Waals surface area contributed by atoms with E-state index < -0.39 is 15.9 Å². The monoisotopic (exact) mass is 406 g/mol. The lowest BCUT2D eigenvalue weighted by Gasteiger charge is -2.33. The Labute approximate surface area is 165 Å². The summed E-state index contributed by atoms with van der Waals surface area (Å²) in [5.41, 5.74) is 1.97. The van der Waals surface area contributed by atoms with E-state index in [4.69, 9.17) is 11.6 Å². The first-order valence-corrected chi connectivity index (χ1v) is 11.2. The quantitative estimate of drug-likeness (QED) is 0.800. The number of benzene rings is 2. The summed E-state index contributed by atoms with van der Waals surface area (Å²) in [6.45, 7) is 1.24. The highest BCUT2D eigenvalue weighted by atomic mass is 35.5. The maximum atomic E-state index is 12.9. The number of hydrogen-bond acceptors (Lipinski definition) is 4. The third-order valence-corrected chi connectivity index (χ3v) is 6.60. The third kappa shape index (κ3) is 5.54. The molecule has 1 atom stereocenters. The van der Waals surface area contributed by atoms with Gasteiger partial charge in [0.05, 0.1) is 11.5 Å². The van der Waals surface area contributed by atoms with Crippen LogP contribution in [-0.4, -0.2) is 50.4 Å². The number of halogens is 1. The van der Waals surface area contributed by atoms with Gasteiger partial charge >= 0.3 is 0 Å². The molecular formula is C20H23ClN2O3S. The molecule has 2 aromatic carbocycles. The fourth-order valence-electron chi connectivity index (χ4n) is 3.23. The maximum absolute atomic E-state index is 12.9.